The fourth-order valence-corrected chi connectivity index (χ4v) is 5.77. The number of nitrogens with zero attached hydrogens (tertiary/aromatic N) is 1. The first-order chi connectivity index (χ1) is 15.0. The van der Waals surface area contributed by atoms with Crippen molar-refractivity contribution in [2.75, 3.05) is 17.1 Å². The molecule has 0 atom stereocenters. The third-order valence-electron chi connectivity index (χ3n) is 5.33. The summed E-state index contributed by atoms with van der Waals surface area (Å²) in [4.78, 5) is 0.195. The lowest BCUT2D eigenvalue weighted by molar-refractivity contribution is 0.514. The van der Waals surface area contributed by atoms with Gasteiger partial charge < -0.3 is 4.42 Å². The van der Waals surface area contributed by atoms with Crippen LogP contribution in [0.3, 0.4) is 0 Å². The van der Waals surface area contributed by atoms with Crippen LogP contribution in [0, 0.1) is 13.8 Å². The van der Waals surface area contributed by atoms with Crippen molar-refractivity contribution in [1.82, 2.24) is 0 Å². The molecular formula is C24H29NO5S2. The van der Waals surface area contributed by atoms with E-state index in [1.165, 1.54) is 4.31 Å². The van der Waals surface area contributed by atoms with E-state index in [-0.39, 0.29) is 28.8 Å². The molecule has 172 valence electrons. The van der Waals surface area contributed by atoms with Crippen LogP contribution in [-0.2, 0) is 25.6 Å². The fraction of sp³-hybridized carbons (Fsp3) is 0.333. The average molecular weight is 476 g/mol. The van der Waals surface area contributed by atoms with Crippen LogP contribution in [0.5, 0.6) is 0 Å². The molecule has 0 amide bonds. The Kier molecular flexibility index (Phi) is 7.15. The van der Waals surface area contributed by atoms with Crippen LogP contribution in [0.1, 0.15) is 36.7 Å². The molecule has 0 radical (unpaired) electrons. The minimum atomic E-state index is -3.67. The molecule has 6 nitrogen and oxygen atoms in total. The number of hydrogen-bond donors (Lipinski definition) is 0. The normalized spacial score (nSPS) is 12.1. The molecule has 3 aromatic rings. The molecule has 3 rings (SSSR count). The predicted molar refractivity (Wildman–Crippen MR) is 128 cm³/mol. The molecule has 0 fully saturated rings. The van der Waals surface area contributed by atoms with E-state index in [2.05, 4.69) is 0 Å². The molecule has 1 heterocycles. The third-order valence-corrected chi connectivity index (χ3v) is 8.11. The number of unbranched alkanes of at least 4 members (excludes halogenated alkanes) is 1. The molecule has 0 bridgehead atoms. The highest BCUT2D eigenvalue weighted by Crippen LogP contribution is 2.40. The van der Waals surface area contributed by atoms with Crippen LogP contribution in [-0.4, -0.2) is 29.6 Å². The first-order valence-electron chi connectivity index (χ1n) is 10.5. The van der Waals surface area contributed by atoms with Crippen molar-refractivity contribution in [3.8, 4) is 11.1 Å². The maximum Gasteiger partial charge on any atom is 0.234 e. The van der Waals surface area contributed by atoms with Gasteiger partial charge in [-0.3, -0.25) is 0 Å². The van der Waals surface area contributed by atoms with Gasteiger partial charge in [0.25, 0.3) is 0 Å². The zero-order valence-electron chi connectivity index (χ0n) is 18.8. The Bertz CT molecular complexity index is 1280. The van der Waals surface area contributed by atoms with Crippen molar-refractivity contribution in [3.63, 3.8) is 0 Å². The first kappa shape index (κ1) is 24.1. The van der Waals surface area contributed by atoms with Crippen LogP contribution in [0.15, 0.2) is 63.9 Å². The van der Waals surface area contributed by atoms with Gasteiger partial charge in [0, 0.05) is 17.7 Å². The van der Waals surface area contributed by atoms with E-state index < -0.39 is 19.9 Å². The van der Waals surface area contributed by atoms with Gasteiger partial charge in [-0.25, -0.2) is 21.1 Å². The van der Waals surface area contributed by atoms with E-state index in [0.717, 1.165) is 23.8 Å². The fourth-order valence-electron chi connectivity index (χ4n) is 3.52. The molecule has 0 saturated heterocycles. The lowest BCUT2D eigenvalue weighted by atomic mass is 10.0. The molecule has 32 heavy (non-hydrogen) atoms. The van der Waals surface area contributed by atoms with E-state index in [1.807, 2.05) is 38.1 Å². The number of anilines is 1. The molecule has 0 saturated carbocycles. The van der Waals surface area contributed by atoms with E-state index in [1.54, 1.807) is 37.3 Å². The number of aryl methyl sites for hydroxylation is 1. The summed E-state index contributed by atoms with van der Waals surface area (Å²) in [6.07, 6.45) is 2.60. The maximum absolute atomic E-state index is 13.0. The molecule has 1 aromatic heterocycles. The molecule has 0 N–H and O–H groups in total. The zero-order chi connectivity index (χ0) is 23.5. The Morgan fingerprint density at radius 1 is 0.906 bits per heavy atom. The van der Waals surface area contributed by atoms with Gasteiger partial charge in [0.2, 0.25) is 15.9 Å². The smallest absolute Gasteiger partial charge is 0.234 e. The Balaban J connectivity index is 2.18. The first-order valence-corrected chi connectivity index (χ1v) is 14.0. The minimum Gasteiger partial charge on any atom is -0.442 e. The highest BCUT2D eigenvalue weighted by molar-refractivity contribution is 7.92. The Morgan fingerprint density at radius 3 is 2.09 bits per heavy atom. The number of hydrogen-bond acceptors (Lipinski definition) is 5. The van der Waals surface area contributed by atoms with E-state index >= 15 is 0 Å². The summed E-state index contributed by atoms with van der Waals surface area (Å²) < 4.78 is 58.6. The van der Waals surface area contributed by atoms with Crippen molar-refractivity contribution >= 4 is 25.7 Å². The number of sulfone groups is 1. The van der Waals surface area contributed by atoms with Crippen LogP contribution >= 0.6 is 0 Å². The molecular weight excluding hydrogens is 446 g/mol. The van der Waals surface area contributed by atoms with Gasteiger partial charge in [0.05, 0.1) is 11.2 Å². The maximum atomic E-state index is 13.0. The van der Waals surface area contributed by atoms with Gasteiger partial charge in [-0.15, -0.1) is 0 Å². The van der Waals surface area contributed by atoms with E-state index in [0.29, 0.717) is 17.5 Å². The second-order valence-electron chi connectivity index (χ2n) is 7.96. The summed E-state index contributed by atoms with van der Waals surface area (Å²) in [5.41, 5.74) is 3.06. The van der Waals surface area contributed by atoms with Gasteiger partial charge in [0.1, 0.15) is 11.5 Å². The molecule has 0 aliphatic heterocycles. The van der Waals surface area contributed by atoms with Gasteiger partial charge >= 0.3 is 0 Å². The third kappa shape index (κ3) is 5.24. The Labute approximate surface area is 190 Å². The molecule has 0 spiro atoms. The SMILES string of the molecule is CCCCN(c1oc(CS(=O)(=O)c2ccccc2)c(C)c1-c1ccc(C)cc1)S(C)(=O)=O. The van der Waals surface area contributed by atoms with Crippen LogP contribution < -0.4 is 4.31 Å². The highest BCUT2D eigenvalue weighted by Gasteiger charge is 2.30. The van der Waals surface area contributed by atoms with Crippen LogP contribution in [0.25, 0.3) is 11.1 Å². The van der Waals surface area contributed by atoms with Gasteiger partial charge in [-0.1, -0.05) is 61.4 Å². The number of rotatable bonds is 9. The standard InChI is InChI=1S/C24H29NO5S2/c1-5-6-16-25(31(4,26)27)24-23(20-14-12-18(2)13-15-20)19(3)22(30-24)17-32(28,29)21-10-8-7-9-11-21/h7-15H,5-6,16-17H2,1-4H3. The molecule has 8 heteroatoms. The lowest BCUT2D eigenvalue weighted by Gasteiger charge is -2.21. The van der Waals surface area contributed by atoms with Crippen molar-refractivity contribution in [2.24, 2.45) is 0 Å². The summed E-state index contributed by atoms with van der Waals surface area (Å²) in [6, 6.07) is 15.8. The van der Waals surface area contributed by atoms with E-state index in [9.17, 15) is 16.8 Å². The molecule has 0 aliphatic rings. The van der Waals surface area contributed by atoms with Gasteiger partial charge in [0.15, 0.2) is 9.84 Å². The second kappa shape index (κ2) is 9.50. The van der Waals surface area contributed by atoms with Crippen LogP contribution in [0.2, 0.25) is 0 Å². The highest BCUT2D eigenvalue weighted by atomic mass is 32.2. The van der Waals surface area contributed by atoms with Gasteiger partial charge in [-0.05, 0) is 38.0 Å². The monoisotopic (exact) mass is 475 g/mol. The summed E-state index contributed by atoms with van der Waals surface area (Å²) in [5, 5.41) is 0. The summed E-state index contributed by atoms with van der Waals surface area (Å²) >= 11 is 0. The summed E-state index contributed by atoms with van der Waals surface area (Å²) in [6.45, 7) is 5.98. The molecule has 2 aromatic carbocycles. The Hall–Kier alpha value is -2.58. The molecule has 0 unspecified atom stereocenters. The van der Waals surface area contributed by atoms with Crippen molar-refractivity contribution in [2.45, 2.75) is 44.3 Å². The lowest BCUT2D eigenvalue weighted by Crippen LogP contribution is -2.31. The number of benzene rings is 2. The Morgan fingerprint density at radius 2 is 1.53 bits per heavy atom. The number of furan rings is 1. The van der Waals surface area contributed by atoms with Crippen LogP contribution in [0.4, 0.5) is 5.88 Å². The summed E-state index contributed by atoms with van der Waals surface area (Å²) in [7, 11) is -7.31. The predicted octanol–water partition coefficient (Wildman–Crippen LogP) is 5.10. The minimum absolute atomic E-state index is 0.167. The quantitative estimate of drug-likeness (QED) is 0.430. The number of sulfonamides is 1. The second-order valence-corrected chi connectivity index (χ2v) is 11.9. The topological polar surface area (TPSA) is 84.7 Å². The van der Waals surface area contributed by atoms with Gasteiger partial charge in [-0.2, -0.15) is 0 Å². The zero-order valence-corrected chi connectivity index (χ0v) is 20.5. The van der Waals surface area contributed by atoms with E-state index in [4.69, 9.17) is 4.42 Å². The van der Waals surface area contributed by atoms with Crippen molar-refractivity contribution < 1.29 is 21.3 Å². The summed E-state index contributed by atoms with van der Waals surface area (Å²) in [5.74, 6) is 0.0535. The molecule has 0 aliphatic carbocycles. The van der Waals surface area contributed by atoms with Crippen molar-refractivity contribution in [3.05, 3.63) is 71.5 Å². The van der Waals surface area contributed by atoms with Crippen molar-refractivity contribution in [1.29, 1.82) is 0 Å². The average Bonchev–Trinajstić information content (AvgIpc) is 3.04. The largest absolute Gasteiger partial charge is 0.442 e.